The Morgan fingerprint density at radius 3 is 2.38 bits per heavy atom. The fourth-order valence-electron chi connectivity index (χ4n) is 2.57. The smallest absolute Gasteiger partial charge is 0.339 e. The molecule has 0 heterocycles. The number of nitrogens with one attached hydrogen (secondary N) is 2. The average Bonchev–Trinajstić information content (AvgIpc) is 2.65. The zero-order chi connectivity index (χ0) is 21.4. The van der Waals surface area contributed by atoms with E-state index in [1.54, 1.807) is 24.3 Å². The van der Waals surface area contributed by atoms with E-state index in [1.807, 2.05) is 45.0 Å². The van der Waals surface area contributed by atoms with Crippen molar-refractivity contribution in [1.82, 2.24) is 0 Å². The number of carbonyl (C=O) groups is 3. The molecule has 0 bridgehead atoms. The number of benzene rings is 2. The fraction of sp³-hybridized carbons (Fsp3) is 0.318. The maximum atomic E-state index is 12.3. The predicted octanol–water partition coefficient (Wildman–Crippen LogP) is 4.58. The minimum Gasteiger partial charge on any atom is -0.465 e. The lowest BCUT2D eigenvalue weighted by molar-refractivity contribution is -0.118. The fourth-order valence-corrected chi connectivity index (χ4v) is 3.32. The van der Waals surface area contributed by atoms with Crippen LogP contribution in [0.15, 0.2) is 53.4 Å². The summed E-state index contributed by atoms with van der Waals surface area (Å²) in [7, 11) is 1.30. The molecule has 0 unspecified atom stereocenters. The van der Waals surface area contributed by atoms with E-state index in [9.17, 15) is 14.4 Å². The molecule has 6 nitrogen and oxygen atoms in total. The highest BCUT2D eigenvalue weighted by Gasteiger charge is 2.16. The van der Waals surface area contributed by atoms with E-state index in [0.717, 1.165) is 4.90 Å². The Kier molecular flexibility index (Phi) is 7.84. The van der Waals surface area contributed by atoms with Crippen LogP contribution in [-0.2, 0) is 14.3 Å². The lowest BCUT2D eigenvalue weighted by Crippen LogP contribution is -2.19. The third-order valence-corrected chi connectivity index (χ3v) is 4.78. The summed E-state index contributed by atoms with van der Waals surface area (Å²) >= 11 is 1.34. The number of hydrogen-bond donors (Lipinski definition) is 2. The SMILES string of the molecule is COC(=O)c1ccccc1NC(=O)CSc1cccc(NC(=O)CC(C)(C)C)c1. The molecule has 0 radical (unpaired) electrons. The number of anilines is 2. The van der Waals surface area contributed by atoms with Gasteiger partial charge in [-0.3, -0.25) is 9.59 Å². The Hall–Kier alpha value is -2.80. The van der Waals surface area contributed by atoms with Gasteiger partial charge in [0.25, 0.3) is 0 Å². The summed E-state index contributed by atoms with van der Waals surface area (Å²) in [6.07, 6.45) is 0.423. The zero-order valence-electron chi connectivity index (χ0n) is 17.1. The van der Waals surface area contributed by atoms with Crippen molar-refractivity contribution in [3.05, 3.63) is 54.1 Å². The van der Waals surface area contributed by atoms with Crippen LogP contribution in [0.5, 0.6) is 0 Å². The van der Waals surface area contributed by atoms with Crippen LogP contribution in [0, 0.1) is 5.41 Å². The lowest BCUT2D eigenvalue weighted by Gasteiger charge is -2.17. The molecule has 2 amide bonds. The van der Waals surface area contributed by atoms with Crippen molar-refractivity contribution in [2.24, 2.45) is 5.41 Å². The van der Waals surface area contributed by atoms with Gasteiger partial charge in [0.15, 0.2) is 0 Å². The van der Waals surface area contributed by atoms with Crippen LogP contribution in [0.25, 0.3) is 0 Å². The number of methoxy groups -OCH3 is 1. The predicted molar refractivity (Wildman–Crippen MR) is 116 cm³/mol. The summed E-state index contributed by atoms with van der Waals surface area (Å²) in [5.41, 5.74) is 1.32. The number of rotatable bonds is 7. The van der Waals surface area contributed by atoms with Crippen LogP contribution in [0.4, 0.5) is 11.4 Å². The maximum Gasteiger partial charge on any atom is 0.339 e. The van der Waals surface area contributed by atoms with Gasteiger partial charge in [-0.1, -0.05) is 39.0 Å². The first-order chi connectivity index (χ1) is 13.7. The Labute approximate surface area is 175 Å². The molecule has 0 saturated carbocycles. The second-order valence-electron chi connectivity index (χ2n) is 7.69. The zero-order valence-corrected chi connectivity index (χ0v) is 17.9. The van der Waals surface area contributed by atoms with E-state index in [1.165, 1.54) is 18.9 Å². The molecular weight excluding hydrogens is 388 g/mol. The van der Waals surface area contributed by atoms with Crippen molar-refractivity contribution < 1.29 is 19.1 Å². The molecule has 2 rings (SSSR count). The van der Waals surface area contributed by atoms with Gasteiger partial charge in [-0.05, 0) is 35.7 Å². The number of ether oxygens (including phenoxy) is 1. The molecule has 2 N–H and O–H groups in total. The Balaban J connectivity index is 1.94. The number of para-hydroxylation sites is 1. The first kappa shape index (κ1) is 22.5. The van der Waals surface area contributed by atoms with Crippen molar-refractivity contribution in [2.75, 3.05) is 23.5 Å². The molecule has 0 aromatic heterocycles. The maximum absolute atomic E-state index is 12.3. The molecule has 0 aliphatic rings. The van der Waals surface area contributed by atoms with E-state index >= 15 is 0 Å². The normalized spacial score (nSPS) is 10.9. The van der Waals surface area contributed by atoms with E-state index in [-0.39, 0.29) is 23.0 Å². The summed E-state index contributed by atoms with van der Waals surface area (Å²) < 4.78 is 4.73. The van der Waals surface area contributed by atoms with Crippen molar-refractivity contribution in [3.63, 3.8) is 0 Å². The standard InChI is InChI=1S/C22H26N2O4S/c1-22(2,3)13-19(25)23-15-8-7-9-16(12-15)29-14-20(26)24-18-11-6-5-10-17(18)21(27)28-4/h5-12H,13-14H2,1-4H3,(H,23,25)(H,24,26). The van der Waals surface area contributed by atoms with Crippen molar-refractivity contribution in [2.45, 2.75) is 32.1 Å². The lowest BCUT2D eigenvalue weighted by atomic mass is 9.92. The largest absolute Gasteiger partial charge is 0.465 e. The molecule has 2 aromatic carbocycles. The second-order valence-corrected chi connectivity index (χ2v) is 8.74. The molecule has 154 valence electrons. The van der Waals surface area contributed by atoms with Gasteiger partial charge in [0.05, 0.1) is 24.1 Å². The highest BCUT2D eigenvalue weighted by molar-refractivity contribution is 8.00. The number of thioether (sulfide) groups is 1. The van der Waals surface area contributed by atoms with Crippen LogP contribution >= 0.6 is 11.8 Å². The Bertz CT molecular complexity index is 890. The molecule has 2 aromatic rings. The second kappa shape index (κ2) is 10.1. The first-order valence-corrected chi connectivity index (χ1v) is 10.2. The van der Waals surface area contributed by atoms with Crippen LogP contribution in [-0.4, -0.2) is 30.6 Å². The molecule has 0 spiro atoms. The van der Waals surface area contributed by atoms with Crippen molar-refractivity contribution in [3.8, 4) is 0 Å². The summed E-state index contributed by atoms with van der Waals surface area (Å²) in [4.78, 5) is 37.1. The van der Waals surface area contributed by atoms with Gasteiger partial charge in [-0.2, -0.15) is 0 Å². The van der Waals surface area contributed by atoms with E-state index < -0.39 is 5.97 Å². The summed E-state index contributed by atoms with van der Waals surface area (Å²) in [6.45, 7) is 6.03. The van der Waals surface area contributed by atoms with Crippen LogP contribution in [0.3, 0.4) is 0 Å². The average molecular weight is 415 g/mol. The van der Waals surface area contributed by atoms with E-state index in [0.29, 0.717) is 23.4 Å². The molecule has 0 aliphatic heterocycles. The van der Waals surface area contributed by atoms with Crippen LogP contribution in [0.1, 0.15) is 37.6 Å². The third kappa shape index (κ3) is 7.62. The van der Waals surface area contributed by atoms with Gasteiger partial charge >= 0.3 is 5.97 Å². The highest BCUT2D eigenvalue weighted by Crippen LogP contribution is 2.24. The molecule has 0 atom stereocenters. The van der Waals surface area contributed by atoms with E-state index in [4.69, 9.17) is 4.74 Å². The Morgan fingerprint density at radius 2 is 1.69 bits per heavy atom. The molecule has 0 saturated heterocycles. The van der Waals surface area contributed by atoms with Gasteiger partial charge in [0.1, 0.15) is 0 Å². The van der Waals surface area contributed by atoms with Crippen LogP contribution < -0.4 is 10.6 Å². The summed E-state index contributed by atoms with van der Waals surface area (Å²) in [6, 6.07) is 14.0. The summed E-state index contributed by atoms with van der Waals surface area (Å²) in [5.74, 6) is -0.632. The minimum atomic E-state index is -0.507. The molecular formula is C22H26N2O4S. The molecule has 29 heavy (non-hydrogen) atoms. The first-order valence-electron chi connectivity index (χ1n) is 9.18. The molecule has 7 heteroatoms. The minimum absolute atomic E-state index is 0.0446. The number of carbonyl (C=O) groups excluding carboxylic acids is 3. The van der Waals surface area contributed by atoms with Gasteiger partial charge in [0.2, 0.25) is 11.8 Å². The topological polar surface area (TPSA) is 84.5 Å². The Morgan fingerprint density at radius 1 is 0.966 bits per heavy atom. The monoisotopic (exact) mass is 414 g/mol. The quantitative estimate of drug-likeness (QED) is 0.512. The molecule has 0 aliphatic carbocycles. The van der Waals surface area contributed by atoms with Gasteiger partial charge < -0.3 is 15.4 Å². The van der Waals surface area contributed by atoms with Crippen molar-refractivity contribution in [1.29, 1.82) is 0 Å². The highest BCUT2D eigenvalue weighted by atomic mass is 32.2. The van der Waals surface area contributed by atoms with E-state index in [2.05, 4.69) is 10.6 Å². The van der Waals surface area contributed by atoms with Crippen molar-refractivity contribution >= 4 is 40.9 Å². The van der Waals surface area contributed by atoms with Gasteiger partial charge in [0, 0.05) is 17.0 Å². The number of esters is 1. The number of hydrogen-bond acceptors (Lipinski definition) is 5. The van der Waals surface area contributed by atoms with Crippen LogP contribution in [0.2, 0.25) is 0 Å². The van der Waals surface area contributed by atoms with Gasteiger partial charge in [-0.25, -0.2) is 4.79 Å². The van der Waals surface area contributed by atoms with Gasteiger partial charge in [-0.15, -0.1) is 11.8 Å². The number of amides is 2. The molecule has 0 fully saturated rings. The summed E-state index contributed by atoms with van der Waals surface area (Å²) in [5, 5.41) is 5.63. The third-order valence-electron chi connectivity index (χ3n) is 3.79.